The molecule has 4 heteroatoms. The van der Waals surface area contributed by atoms with Crippen LogP contribution < -0.4 is 15.5 Å². The number of rotatable bonds is 5. The Balaban J connectivity index is 2.15. The first-order chi connectivity index (χ1) is 9.61. The standard InChI is InChI=1S/C16H25N3O/c1-12-6-7-15(19-8-4-5-9-19)14(10-12)16(20)18-11-13(2)17-3/h6-7,10,13,17H,4-5,8-9,11H2,1-3H3,(H,18,20). The molecule has 2 N–H and O–H groups in total. The Morgan fingerprint density at radius 3 is 2.70 bits per heavy atom. The van der Waals surface area contributed by atoms with Crippen molar-refractivity contribution in [3.8, 4) is 0 Å². The Labute approximate surface area is 121 Å². The van der Waals surface area contributed by atoms with Crippen LogP contribution in [0.2, 0.25) is 0 Å². The van der Waals surface area contributed by atoms with Gasteiger partial charge in [0, 0.05) is 31.4 Å². The predicted molar refractivity (Wildman–Crippen MR) is 83.5 cm³/mol. The summed E-state index contributed by atoms with van der Waals surface area (Å²) in [4.78, 5) is 14.7. The molecule has 1 amide bonds. The number of amides is 1. The van der Waals surface area contributed by atoms with E-state index in [1.165, 1.54) is 12.8 Å². The van der Waals surface area contributed by atoms with Gasteiger partial charge in [-0.15, -0.1) is 0 Å². The normalized spacial score (nSPS) is 16.2. The Bertz CT molecular complexity index is 467. The number of nitrogens with one attached hydrogen (secondary N) is 2. The highest BCUT2D eigenvalue weighted by atomic mass is 16.1. The van der Waals surface area contributed by atoms with E-state index in [0.717, 1.165) is 29.9 Å². The summed E-state index contributed by atoms with van der Waals surface area (Å²) in [6, 6.07) is 6.43. The third kappa shape index (κ3) is 3.51. The number of benzene rings is 1. The highest BCUT2D eigenvalue weighted by Gasteiger charge is 2.19. The summed E-state index contributed by atoms with van der Waals surface area (Å²) < 4.78 is 0. The van der Waals surface area contributed by atoms with Crippen molar-refractivity contribution in [2.75, 3.05) is 31.6 Å². The molecule has 1 heterocycles. The second kappa shape index (κ2) is 6.75. The second-order valence-electron chi connectivity index (χ2n) is 5.61. The number of anilines is 1. The average molecular weight is 275 g/mol. The third-order valence-electron chi connectivity index (χ3n) is 3.91. The fourth-order valence-electron chi connectivity index (χ4n) is 2.51. The van der Waals surface area contributed by atoms with E-state index in [1.807, 2.05) is 20.0 Å². The molecule has 1 unspecified atom stereocenters. The number of carbonyl (C=O) groups excluding carboxylic acids is 1. The van der Waals surface area contributed by atoms with Crippen molar-refractivity contribution >= 4 is 11.6 Å². The molecule has 0 spiro atoms. The van der Waals surface area contributed by atoms with Gasteiger partial charge in [0.2, 0.25) is 0 Å². The van der Waals surface area contributed by atoms with Crippen LogP contribution in [0.25, 0.3) is 0 Å². The van der Waals surface area contributed by atoms with Crippen LogP contribution in [-0.2, 0) is 0 Å². The molecule has 0 aliphatic carbocycles. The fourth-order valence-corrected chi connectivity index (χ4v) is 2.51. The van der Waals surface area contributed by atoms with E-state index in [4.69, 9.17) is 0 Å². The van der Waals surface area contributed by atoms with E-state index in [1.54, 1.807) is 0 Å². The molecule has 1 atom stereocenters. The molecule has 4 nitrogen and oxygen atoms in total. The van der Waals surface area contributed by atoms with Crippen molar-refractivity contribution in [2.24, 2.45) is 0 Å². The minimum absolute atomic E-state index is 0.0256. The summed E-state index contributed by atoms with van der Waals surface area (Å²) >= 11 is 0. The summed E-state index contributed by atoms with van der Waals surface area (Å²) in [5, 5.41) is 6.14. The lowest BCUT2D eigenvalue weighted by Crippen LogP contribution is -2.37. The predicted octanol–water partition coefficient (Wildman–Crippen LogP) is 1.93. The molecule has 1 aliphatic heterocycles. The zero-order valence-corrected chi connectivity index (χ0v) is 12.7. The molecule has 1 aromatic rings. The Morgan fingerprint density at radius 2 is 2.05 bits per heavy atom. The summed E-state index contributed by atoms with van der Waals surface area (Å²) in [5.74, 6) is 0.0256. The van der Waals surface area contributed by atoms with Crippen LogP contribution in [-0.4, -0.2) is 38.6 Å². The lowest BCUT2D eigenvalue weighted by molar-refractivity contribution is 0.0951. The molecular formula is C16H25N3O. The SMILES string of the molecule is CNC(C)CNC(=O)c1cc(C)ccc1N1CCCC1. The van der Waals surface area contributed by atoms with E-state index in [2.05, 4.69) is 34.6 Å². The first-order valence-electron chi connectivity index (χ1n) is 7.43. The molecule has 1 fully saturated rings. The van der Waals surface area contributed by atoms with Crippen molar-refractivity contribution in [2.45, 2.75) is 32.7 Å². The lowest BCUT2D eigenvalue weighted by Gasteiger charge is -2.22. The summed E-state index contributed by atoms with van der Waals surface area (Å²) in [6.07, 6.45) is 2.43. The molecule has 0 bridgehead atoms. The quantitative estimate of drug-likeness (QED) is 0.863. The zero-order valence-electron chi connectivity index (χ0n) is 12.7. The van der Waals surface area contributed by atoms with E-state index < -0.39 is 0 Å². The maximum atomic E-state index is 12.4. The first kappa shape index (κ1) is 14.9. The largest absolute Gasteiger partial charge is 0.371 e. The van der Waals surface area contributed by atoms with Gasteiger partial charge in [0.05, 0.1) is 5.56 Å². The number of likely N-dealkylation sites (N-methyl/N-ethyl adjacent to an activating group) is 1. The van der Waals surface area contributed by atoms with E-state index >= 15 is 0 Å². The van der Waals surface area contributed by atoms with Crippen LogP contribution in [0.4, 0.5) is 5.69 Å². The van der Waals surface area contributed by atoms with Crippen LogP contribution in [0.1, 0.15) is 35.7 Å². The molecule has 110 valence electrons. The van der Waals surface area contributed by atoms with Crippen LogP contribution in [0, 0.1) is 6.92 Å². The number of aryl methyl sites for hydroxylation is 1. The zero-order chi connectivity index (χ0) is 14.5. The topological polar surface area (TPSA) is 44.4 Å². The second-order valence-corrected chi connectivity index (χ2v) is 5.61. The van der Waals surface area contributed by atoms with Gasteiger partial charge < -0.3 is 15.5 Å². The first-order valence-corrected chi connectivity index (χ1v) is 7.43. The van der Waals surface area contributed by atoms with Gasteiger partial charge in [-0.05, 0) is 45.9 Å². The van der Waals surface area contributed by atoms with E-state index in [-0.39, 0.29) is 11.9 Å². The summed E-state index contributed by atoms with van der Waals surface area (Å²) in [6.45, 7) is 6.83. The van der Waals surface area contributed by atoms with Gasteiger partial charge in [0.1, 0.15) is 0 Å². The van der Waals surface area contributed by atoms with E-state index in [0.29, 0.717) is 6.54 Å². The van der Waals surface area contributed by atoms with Gasteiger partial charge in [0.15, 0.2) is 0 Å². The Hall–Kier alpha value is -1.55. The maximum Gasteiger partial charge on any atom is 0.253 e. The third-order valence-corrected chi connectivity index (χ3v) is 3.91. The molecule has 2 rings (SSSR count). The number of hydrogen-bond donors (Lipinski definition) is 2. The van der Waals surface area contributed by atoms with Gasteiger partial charge in [-0.25, -0.2) is 0 Å². The number of hydrogen-bond acceptors (Lipinski definition) is 3. The van der Waals surface area contributed by atoms with Crippen LogP contribution in [0.15, 0.2) is 18.2 Å². The minimum atomic E-state index is 0.0256. The van der Waals surface area contributed by atoms with E-state index in [9.17, 15) is 4.79 Å². The van der Waals surface area contributed by atoms with Crippen LogP contribution in [0.5, 0.6) is 0 Å². The summed E-state index contributed by atoms with van der Waals surface area (Å²) in [7, 11) is 1.90. The monoisotopic (exact) mass is 275 g/mol. The molecule has 1 aromatic carbocycles. The fraction of sp³-hybridized carbons (Fsp3) is 0.562. The van der Waals surface area contributed by atoms with Crippen LogP contribution in [0.3, 0.4) is 0 Å². The van der Waals surface area contributed by atoms with Gasteiger partial charge in [-0.1, -0.05) is 11.6 Å². The maximum absolute atomic E-state index is 12.4. The van der Waals surface area contributed by atoms with Crippen molar-refractivity contribution in [1.82, 2.24) is 10.6 Å². The van der Waals surface area contributed by atoms with Crippen molar-refractivity contribution in [3.63, 3.8) is 0 Å². The minimum Gasteiger partial charge on any atom is -0.371 e. The molecule has 1 saturated heterocycles. The van der Waals surface area contributed by atoms with Gasteiger partial charge in [0.25, 0.3) is 5.91 Å². The van der Waals surface area contributed by atoms with Crippen molar-refractivity contribution in [1.29, 1.82) is 0 Å². The number of nitrogens with zero attached hydrogens (tertiary/aromatic N) is 1. The van der Waals surface area contributed by atoms with Crippen LogP contribution >= 0.6 is 0 Å². The molecule has 0 saturated carbocycles. The molecule has 0 radical (unpaired) electrons. The molecule has 0 aromatic heterocycles. The van der Waals surface area contributed by atoms with Gasteiger partial charge in [-0.3, -0.25) is 4.79 Å². The molecule has 1 aliphatic rings. The van der Waals surface area contributed by atoms with Gasteiger partial charge in [-0.2, -0.15) is 0 Å². The Morgan fingerprint density at radius 1 is 1.35 bits per heavy atom. The number of carbonyl (C=O) groups is 1. The highest BCUT2D eigenvalue weighted by molar-refractivity contribution is 6.00. The molecule has 20 heavy (non-hydrogen) atoms. The van der Waals surface area contributed by atoms with Crippen molar-refractivity contribution in [3.05, 3.63) is 29.3 Å². The lowest BCUT2D eigenvalue weighted by atomic mass is 10.1. The van der Waals surface area contributed by atoms with Crippen molar-refractivity contribution < 1.29 is 4.79 Å². The Kier molecular flexibility index (Phi) is 5.01. The average Bonchev–Trinajstić information content (AvgIpc) is 2.98. The smallest absolute Gasteiger partial charge is 0.253 e. The highest BCUT2D eigenvalue weighted by Crippen LogP contribution is 2.25. The van der Waals surface area contributed by atoms with Gasteiger partial charge >= 0.3 is 0 Å². The molecular weight excluding hydrogens is 250 g/mol. The summed E-state index contributed by atoms with van der Waals surface area (Å²) in [5.41, 5.74) is 3.00.